The number of hydrogen-bond donors (Lipinski definition) is 1. The summed E-state index contributed by atoms with van der Waals surface area (Å²) in [6.45, 7) is 5.84. The fraction of sp³-hybridized carbons (Fsp3) is 0.333. The van der Waals surface area contributed by atoms with Crippen molar-refractivity contribution in [3.63, 3.8) is 0 Å². The maximum atomic E-state index is 12.6. The van der Waals surface area contributed by atoms with Gasteiger partial charge in [-0.15, -0.1) is 10.2 Å². The summed E-state index contributed by atoms with van der Waals surface area (Å²) in [5.41, 5.74) is 6.59. The Kier molecular flexibility index (Phi) is 8.58. The van der Waals surface area contributed by atoms with E-state index in [1.54, 1.807) is 11.8 Å². The van der Waals surface area contributed by atoms with Gasteiger partial charge in [0.05, 0.1) is 5.52 Å². The first kappa shape index (κ1) is 27.4. The SMILES string of the molecule is Cc1ccc(Cn2c3ccccc3c3nnc(SCCCC(=O)NC4CCN(Cc5ccccc5)CC4)nc32)cc1. The molecule has 2 aromatic heterocycles. The fourth-order valence-corrected chi connectivity index (χ4v) is 6.28. The molecule has 1 saturated heterocycles. The molecule has 0 saturated carbocycles. The van der Waals surface area contributed by atoms with Crippen LogP contribution in [0.5, 0.6) is 0 Å². The lowest BCUT2D eigenvalue weighted by atomic mass is 10.0. The summed E-state index contributed by atoms with van der Waals surface area (Å²) >= 11 is 1.57. The Hall–Kier alpha value is -3.75. The van der Waals surface area contributed by atoms with E-state index >= 15 is 0 Å². The number of nitrogens with zero attached hydrogens (tertiary/aromatic N) is 5. The number of carbonyl (C=O) groups excluding carboxylic acids is 1. The summed E-state index contributed by atoms with van der Waals surface area (Å²) in [5, 5.41) is 14.0. The molecule has 6 rings (SSSR count). The van der Waals surface area contributed by atoms with Crippen LogP contribution in [-0.4, -0.2) is 55.4 Å². The van der Waals surface area contributed by atoms with Gasteiger partial charge < -0.3 is 9.88 Å². The van der Waals surface area contributed by atoms with Crippen LogP contribution in [0, 0.1) is 6.92 Å². The predicted octanol–water partition coefficient (Wildman–Crippen LogP) is 5.99. The van der Waals surface area contributed by atoms with E-state index in [0.29, 0.717) is 11.6 Å². The Balaban J connectivity index is 1.01. The molecule has 3 heterocycles. The van der Waals surface area contributed by atoms with Crippen LogP contribution < -0.4 is 5.32 Å². The minimum atomic E-state index is 0.139. The highest BCUT2D eigenvalue weighted by Gasteiger charge is 2.21. The van der Waals surface area contributed by atoms with Gasteiger partial charge in [0.15, 0.2) is 5.65 Å². The summed E-state index contributed by atoms with van der Waals surface area (Å²) < 4.78 is 2.23. The van der Waals surface area contributed by atoms with E-state index in [4.69, 9.17) is 4.98 Å². The first-order valence-corrected chi connectivity index (χ1v) is 15.5. The molecule has 8 heteroatoms. The molecule has 0 bridgehead atoms. The molecule has 7 nitrogen and oxygen atoms in total. The number of amides is 1. The van der Waals surface area contributed by atoms with Crippen molar-refractivity contribution in [2.75, 3.05) is 18.8 Å². The lowest BCUT2D eigenvalue weighted by Gasteiger charge is -2.32. The number of rotatable bonds is 10. The Morgan fingerprint density at radius 3 is 2.44 bits per heavy atom. The van der Waals surface area contributed by atoms with Crippen molar-refractivity contribution < 1.29 is 4.79 Å². The lowest BCUT2D eigenvalue weighted by molar-refractivity contribution is -0.122. The molecular formula is C33H36N6OS. The second kappa shape index (κ2) is 12.8. The van der Waals surface area contributed by atoms with Gasteiger partial charge in [0.25, 0.3) is 0 Å². The molecular weight excluding hydrogens is 528 g/mol. The Bertz CT molecular complexity index is 1610. The van der Waals surface area contributed by atoms with E-state index in [9.17, 15) is 4.79 Å². The van der Waals surface area contributed by atoms with Crippen LogP contribution >= 0.6 is 11.8 Å². The summed E-state index contributed by atoms with van der Waals surface area (Å²) in [7, 11) is 0. The summed E-state index contributed by atoms with van der Waals surface area (Å²) in [6, 6.07) is 27.8. The average molecular weight is 565 g/mol. The number of aromatic nitrogens is 4. The number of thioether (sulfide) groups is 1. The molecule has 210 valence electrons. The zero-order chi connectivity index (χ0) is 28.0. The first-order valence-electron chi connectivity index (χ1n) is 14.5. The monoisotopic (exact) mass is 564 g/mol. The molecule has 1 N–H and O–H groups in total. The molecule has 0 spiro atoms. The highest BCUT2D eigenvalue weighted by Crippen LogP contribution is 2.28. The van der Waals surface area contributed by atoms with Crippen LogP contribution in [0.4, 0.5) is 0 Å². The van der Waals surface area contributed by atoms with Crippen LogP contribution in [0.3, 0.4) is 0 Å². The van der Waals surface area contributed by atoms with Crippen molar-refractivity contribution in [2.45, 2.75) is 56.9 Å². The molecule has 41 heavy (non-hydrogen) atoms. The van der Waals surface area contributed by atoms with E-state index < -0.39 is 0 Å². The molecule has 0 atom stereocenters. The zero-order valence-electron chi connectivity index (χ0n) is 23.5. The van der Waals surface area contributed by atoms with Crippen molar-refractivity contribution in [1.29, 1.82) is 0 Å². The van der Waals surface area contributed by atoms with Crippen LogP contribution in [0.2, 0.25) is 0 Å². The van der Waals surface area contributed by atoms with E-state index in [2.05, 4.69) is 105 Å². The quantitative estimate of drug-likeness (QED) is 0.166. The van der Waals surface area contributed by atoms with Crippen molar-refractivity contribution >= 4 is 39.7 Å². The van der Waals surface area contributed by atoms with Crippen molar-refractivity contribution in [3.05, 3.63) is 95.6 Å². The number of piperidine rings is 1. The maximum Gasteiger partial charge on any atom is 0.220 e. The summed E-state index contributed by atoms with van der Waals surface area (Å²) in [5.74, 6) is 0.911. The standard InChI is InChI=1S/C33H36N6OS/c1-24-13-15-26(16-14-24)23-39-29-11-6-5-10-28(29)31-32(39)35-33(37-36-31)41-21-7-12-30(40)34-27-17-19-38(20-18-27)22-25-8-3-2-4-9-25/h2-6,8-11,13-16,27H,7,12,17-23H2,1H3,(H,34,40). The molecule has 1 aliphatic rings. The number of para-hydroxylation sites is 1. The van der Waals surface area contributed by atoms with Gasteiger partial charge in [0.2, 0.25) is 11.1 Å². The van der Waals surface area contributed by atoms with Crippen LogP contribution in [0.15, 0.2) is 84.0 Å². The Labute approximate surface area is 245 Å². The van der Waals surface area contributed by atoms with E-state index in [0.717, 1.165) is 73.3 Å². The van der Waals surface area contributed by atoms with E-state index in [1.807, 2.05) is 6.07 Å². The van der Waals surface area contributed by atoms with Gasteiger partial charge in [-0.3, -0.25) is 9.69 Å². The molecule has 1 fully saturated rings. The number of nitrogens with one attached hydrogen (secondary N) is 1. The summed E-state index contributed by atoms with van der Waals surface area (Å²) in [4.78, 5) is 20.0. The number of carbonyl (C=O) groups is 1. The molecule has 0 radical (unpaired) electrons. The van der Waals surface area contributed by atoms with Gasteiger partial charge in [-0.25, -0.2) is 4.98 Å². The molecule has 0 aliphatic carbocycles. The normalized spacial score (nSPS) is 14.6. The highest BCUT2D eigenvalue weighted by molar-refractivity contribution is 7.99. The number of fused-ring (bicyclic) bond motifs is 3. The third-order valence-electron chi connectivity index (χ3n) is 7.80. The van der Waals surface area contributed by atoms with Crippen LogP contribution in [-0.2, 0) is 17.9 Å². The van der Waals surface area contributed by atoms with Crippen molar-refractivity contribution in [1.82, 2.24) is 30.0 Å². The molecule has 0 unspecified atom stereocenters. The average Bonchev–Trinajstić information content (AvgIpc) is 3.30. The second-order valence-corrected chi connectivity index (χ2v) is 12.0. The molecule has 5 aromatic rings. The third-order valence-corrected chi connectivity index (χ3v) is 8.72. The summed E-state index contributed by atoms with van der Waals surface area (Å²) in [6.07, 6.45) is 3.30. The predicted molar refractivity (Wildman–Crippen MR) is 166 cm³/mol. The van der Waals surface area contributed by atoms with Crippen LogP contribution in [0.25, 0.3) is 22.1 Å². The number of benzene rings is 3. The largest absolute Gasteiger partial charge is 0.353 e. The minimum absolute atomic E-state index is 0.139. The van der Waals surface area contributed by atoms with Gasteiger partial charge in [0.1, 0.15) is 5.52 Å². The first-order chi connectivity index (χ1) is 20.1. The number of likely N-dealkylation sites (tertiary alicyclic amines) is 1. The Morgan fingerprint density at radius 2 is 1.63 bits per heavy atom. The van der Waals surface area contributed by atoms with Gasteiger partial charge in [-0.1, -0.05) is 90.1 Å². The highest BCUT2D eigenvalue weighted by atomic mass is 32.2. The Morgan fingerprint density at radius 1 is 0.902 bits per heavy atom. The van der Waals surface area contributed by atoms with Gasteiger partial charge in [-0.2, -0.15) is 0 Å². The van der Waals surface area contributed by atoms with E-state index in [1.165, 1.54) is 16.7 Å². The smallest absolute Gasteiger partial charge is 0.220 e. The molecule has 1 amide bonds. The second-order valence-electron chi connectivity index (χ2n) is 10.9. The molecule has 3 aromatic carbocycles. The maximum absolute atomic E-state index is 12.6. The fourth-order valence-electron chi connectivity index (χ4n) is 5.56. The van der Waals surface area contributed by atoms with Crippen molar-refractivity contribution in [2.24, 2.45) is 0 Å². The number of hydrogen-bond acceptors (Lipinski definition) is 6. The van der Waals surface area contributed by atoms with Gasteiger partial charge in [-0.05, 0) is 43.4 Å². The lowest BCUT2D eigenvalue weighted by Crippen LogP contribution is -2.44. The van der Waals surface area contributed by atoms with Gasteiger partial charge in [0, 0.05) is 49.8 Å². The number of aryl methyl sites for hydroxylation is 1. The molecule has 1 aliphatic heterocycles. The zero-order valence-corrected chi connectivity index (χ0v) is 24.3. The third kappa shape index (κ3) is 6.77. The van der Waals surface area contributed by atoms with Gasteiger partial charge >= 0.3 is 0 Å². The van der Waals surface area contributed by atoms with Crippen LogP contribution in [0.1, 0.15) is 42.4 Å². The van der Waals surface area contributed by atoms with Crippen molar-refractivity contribution in [3.8, 4) is 0 Å². The van der Waals surface area contributed by atoms with E-state index in [-0.39, 0.29) is 11.9 Å². The minimum Gasteiger partial charge on any atom is -0.353 e. The topological polar surface area (TPSA) is 75.9 Å².